The Kier molecular flexibility index (Phi) is 4.49. The molecule has 1 aliphatic rings. The summed E-state index contributed by atoms with van der Waals surface area (Å²) in [4.78, 5) is -0.0805. The van der Waals surface area contributed by atoms with Crippen molar-refractivity contribution in [1.29, 1.82) is 0 Å². The van der Waals surface area contributed by atoms with E-state index in [1.165, 1.54) is 12.1 Å². The third-order valence-electron chi connectivity index (χ3n) is 2.98. The van der Waals surface area contributed by atoms with E-state index in [4.69, 9.17) is 27.4 Å². The van der Waals surface area contributed by atoms with Crippen molar-refractivity contribution in [3.63, 3.8) is 0 Å². The lowest BCUT2D eigenvalue weighted by Gasteiger charge is -2.25. The number of thiocarbonyl (C=S) groups is 1. The van der Waals surface area contributed by atoms with Crippen molar-refractivity contribution < 1.29 is 22.6 Å². The van der Waals surface area contributed by atoms with Gasteiger partial charge in [-0.05, 0) is 31.0 Å². The number of hydrogen-bond acceptors (Lipinski definition) is 3. The average molecular weight is 305 g/mol. The summed E-state index contributed by atoms with van der Waals surface area (Å²) in [6, 6.07) is 3.60. The highest BCUT2D eigenvalue weighted by Crippen LogP contribution is 2.37. The maximum atomic E-state index is 13.1. The summed E-state index contributed by atoms with van der Waals surface area (Å²) in [6.45, 7) is 0.917. The van der Waals surface area contributed by atoms with Crippen LogP contribution < -0.4 is 10.5 Å². The number of hydrogen-bond donors (Lipinski definition) is 1. The molecule has 1 saturated heterocycles. The minimum Gasteiger partial charge on any atom is -0.487 e. The highest BCUT2D eigenvalue weighted by molar-refractivity contribution is 7.80. The molecule has 110 valence electrons. The first-order valence-electron chi connectivity index (χ1n) is 6.13. The molecule has 0 saturated carbocycles. The smallest absolute Gasteiger partial charge is 0.419 e. The van der Waals surface area contributed by atoms with Crippen LogP contribution in [0.2, 0.25) is 0 Å². The van der Waals surface area contributed by atoms with Crippen LogP contribution in [0.4, 0.5) is 13.2 Å². The van der Waals surface area contributed by atoms with E-state index in [1.807, 2.05) is 0 Å². The van der Waals surface area contributed by atoms with Gasteiger partial charge in [0.05, 0.1) is 12.2 Å². The van der Waals surface area contributed by atoms with Crippen LogP contribution in [0.5, 0.6) is 5.75 Å². The number of benzene rings is 1. The van der Waals surface area contributed by atoms with Crippen LogP contribution in [-0.4, -0.2) is 24.3 Å². The lowest BCUT2D eigenvalue weighted by Crippen LogP contribution is -2.29. The molecule has 1 aromatic carbocycles. The van der Waals surface area contributed by atoms with Crippen molar-refractivity contribution >= 4 is 17.2 Å². The lowest BCUT2D eigenvalue weighted by molar-refractivity contribution is -0.139. The molecule has 0 bridgehead atoms. The Labute approximate surface area is 119 Å². The van der Waals surface area contributed by atoms with Gasteiger partial charge in [0.2, 0.25) is 0 Å². The predicted octanol–water partition coefficient (Wildman–Crippen LogP) is 2.90. The van der Waals surface area contributed by atoms with E-state index in [0.29, 0.717) is 19.6 Å². The van der Waals surface area contributed by atoms with Crippen molar-refractivity contribution in [2.45, 2.75) is 25.1 Å². The zero-order valence-electron chi connectivity index (χ0n) is 10.6. The van der Waals surface area contributed by atoms with Gasteiger partial charge in [-0.1, -0.05) is 12.2 Å². The van der Waals surface area contributed by atoms with Crippen LogP contribution >= 0.6 is 12.2 Å². The minimum atomic E-state index is -4.52. The van der Waals surface area contributed by atoms with Crippen molar-refractivity contribution in [1.82, 2.24) is 0 Å². The van der Waals surface area contributed by atoms with Crippen molar-refractivity contribution in [3.05, 3.63) is 29.3 Å². The molecule has 1 aromatic rings. The van der Waals surface area contributed by atoms with Crippen LogP contribution in [0.1, 0.15) is 24.0 Å². The Balaban J connectivity index is 2.28. The summed E-state index contributed by atoms with van der Waals surface area (Å²) in [5.74, 6) is -0.215. The standard InChI is InChI=1S/C13H14F3NO2S/c14-13(15,16)10-6-8(12(17)20)3-4-11(10)19-9-2-1-5-18-7-9/h3-4,6,9H,1-2,5,7H2,(H2,17,20). The van der Waals surface area contributed by atoms with E-state index in [9.17, 15) is 13.2 Å². The van der Waals surface area contributed by atoms with E-state index < -0.39 is 11.7 Å². The molecule has 1 atom stereocenters. The average Bonchev–Trinajstić information content (AvgIpc) is 2.39. The van der Waals surface area contributed by atoms with Gasteiger partial charge in [0.15, 0.2) is 0 Å². The first-order chi connectivity index (χ1) is 9.38. The van der Waals surface area contributed by atoms with Gasteiger partial charge in [0, 0.05) is 12.2 Å². The minimum absolute atomic E-state index is 0.0805. The van der Waals surface area contributed by atoms with E-state index in [1.54, 1.807) is 0 Å². The van der Waals surface area contributed by atoms with Crippen LogP contribution in [0, 0.1) is 0 Å². The molecule has 2 N–H and O–H groups in total. The molecule has 0 spiro atoms. The third kappa shape index (κ3) is 3.61. The van der Waals surface area contributed by atoms with Gasteiger partial charge < -0.3 is 15.2 Å². The van der Waals surface area contributed by atoms with Crippen LogP contribution in [0.3, 0.4) is 0 Å². The fourth-order valence-electron chi connectivity index (χ4n) is 1.99. The van der Waals surface area contributed by atoms with E-state index >= 15 is 0 Å². The summed E-state index contributed by atoms with van der Waals surface area (Å²) in [5, 5.41) is 0. The molecule has 0 radical (unpaired) electrons. The molecule has 0 aromatic heterocycles. The number of nitrogens with two attached hydrogens (primary N) is 1. The van der Waals surface area contributed by atoms with E-state index in [-0.39, 0.29) is 22.4 Å². The largest absolute Gasteiger partial charge is 0.487 e. The van der Waals surface area contributed by atoms with Crippen LogP contribution in [0.25, 0.3) is 0 Å². The molecule has 1 heterocycles. The number of ether oxygens (including phenoxy) is 2. The zero-order chi connectivity index (χ0) is 14.8. The first kappa shape index (κ1) is 15.1. The Morgan fingerprint density at radius 2 is 2.15 bits per heavy atom. The first-order valence-corrected chi connectivity index (χ1v) is 6.54. The molecule has 2 rings (SSSR count). The molecule has 20 heavy (non-hydrogen) atoms. The molecule has 0 amide bonds. The molecule has 1 fully saturated rings. The highest BCUT2D eigenvalue weighted by Gasteiger charge is 2.35. The molecular formula is C13H14F3NO2S. The van der Waals surface area contributed by atoms with Gasteiger partial charge in [-0.2, -0.15) is 13.2 Å². The second kappa shape index (κ2) is 5.97. The molecule has 7 heteroatoms. The summed E-state index contributed by atoms with van der Waals surface area (Å²) >= 11 is 4.70. The zero-order valence-corrected chi connectivity index (χ0v) is 11.4. The number of rotatable bonds is 3. The van der Waals surface area contributed by atoms with Crippen LogP contribution in [-0.2, 0) is 10.9 Å². The number of alkyl halides is 3. The third-order valence-corrected chi connectivity index (χ3v) is 3.22. The maximum Gasteiger partial charge on any atom is 0.419 e. The number of halogens is 3. The van der Waals surface area contributed by atoms with Crippen molar-refractivity contribution in [3.8, 4) is 5.75 Å². The predicted molar refractivity (Wildman–Crippen MR) is 71.8 cm³/mol. The second-order valence-electron chi connectivity index (χ2n) is 4.53. The highest BCUT2D eigenvalue weighted by atomic mass is 32.1. The van der Waals surface area contributed by atoms with Crippen molar-refractivity contribution in [2.24, 2.45) is 5.73 Å². The molecule has 3 nitrogen and oxygen atoms in total. The summed E-state index contributed by atoms with van der Waals surface area (Å²) in [6.07, 6.45) is -3.43. The summed E-state index contributed by atoms with van der Waals surface area (Å²) in [5.41, 5.74) is 4.66. The van der Waals surface area contributed by atoms with Gasteiger partial charge in [-0.25, -0.2) is 0 Å². The monoisotopic (exact) mass is 305 g/mol. The van der Waals surface area contributed by atoms with Crippen LogP contribution in [0.15, 0.2) is 18.2 Å². The Bertz CT molecular complexity index is 499. The molecule has 1 unspecified atom stereocenters. The van der Waals surface area contributed by atoms with Gasteiger partial charge in [0.1, 0.15) is 16.8 Å². The van der Waals surface area contributed by atoms with Gasteiger partial charge >= 0.3 is 6.18 Å². The maximum absolute atomic E-state index is 13.1. The van der Waals surface area contributed by atoms with Gasteiger partial charge in [0.25, 0.3) is 0 Å². The Morgan fingerprint density at radius 3 is 2.70 bits per heavy atom. The van der Waals surface area contributed by atoms with E-state index in [2.05, 4.69) is 0 Å². The molecule has 0 aliphatic carbocycles. The SMILES string of the molecule is NC(=S)c1ccc(OC2CCCOC2)c(C(F)(F)F)c1. The fourth-order valence-corrected chi connectivity index (χ4v) is 2.12. The summed E-state index contributed by atoms with van der Waals surface area (Å²) in [7, 11) is 0. The fraction of sp³-hybridized carbons (Fsp3) is 0.462. The normalized spacial score (nSPS) is 19.6. The Morgan fingerprint density at radius 1 is 1.40 bits per heavy atom. The lowest BCUT2D eigenvalue weighted by atomic mass is 10.1. The second-order valence-corrected chi connectivity index (χ2v) is 4.97. The van der Waals surface area contributed by atoms with E-state index in [0.717, 1.165) is 12.5 Å². The summed E-state index contributed by atoms with van der Waals surface area (Å²) < 4.78 is 49.8. The topological polar surface area (TPSA) is 44.5 Å². The molecule has 1 aliphatic heterocycles. The van der Waals surface area contributed by atoms with Gasteiger partial charge in [-0.15, -0.1) is 0 Å². The molecular weight excluding hydrogens is 291 g/mol. The van der Waals surface area contributed by atoms with Gasteiger partial charge in [-0.3, -0.25) is 0 Å². The Hall–Kier alpha value is -1.34. The quantitative estimate of drug-likeness (QED) is 0.872. The van der Waals surface area contributed by atoms with Crippen molar-refractivity contribution in [2.75, 3.05) is 13.2 Å².